The predicted molar refractivity (Wildman–Crippen MR) is 70.5 cm³/mol. The number of hydrogen-bond donors (Lipinski definition) is 3. The van der Waals surface area contributed by atoms with E-state index in [-0.39, 0.29) is 17.7 Å². The number of aryl methyl sites for hydroxylation is 1. The molecule has 0 spiro atoms. The molecule has 18 heavy (non-hydrogen) atoms. The second-order valence-corrected chi connectivity index (χ2v) is 5.01. The summed E-state index contributed by atoms with van der Waals surface area (Å²) in [4.78, 5) is 12.1. The number of phenolic OH excluding ortho intramolecular Hbond substituents is 1. The second-order valence-electron chi connectivity index (χ2n) is 5.01. The summed E-state index contributed by atoms with van der Waals surface area (Å²) >= 11 is 0. The van der Waals surface area contributed by atoms with E-state index in [4.69, 9.17) is 5.73 Å². The average molecular weight is 248 g/mol. The van der Waals surface area contributed by atoms with Crippen LogP contribution in [0.3, 0.4) is 0 Å². The standard InChI is InChI=1S/C14H20N2O2/c1-9-7-10(5-6-13(9)17)14(18)16-12-4-2-3-11(12)8-15/h5-7,11-12,17H,2-4,8,15H2,1H3,(H,16,18). The Morgan fingerprint density at radius 1 is 1.50 bits per heavy atom. The van der Waals surface area contributed by atoms with Gasteiger partial charge in [-0.25, -0.2) is 0 Å². The number of amides is 1. The zero-order valence-corrected chi connectivity index (χ0v) is 10.6. The first-order valence-corrected chi connectivity index (χ1v) is 6.42. The average Bonchev–Trinajstić information content (AvgIpc) is 2.79. The molecule has 0 aliphatic heterocycles. The molecular formula is C14H20N2O2. The van der Waals surface area contributed by atoms with Crippen molar-refractivity contribution in [3.05, 3.63) is 29.3 Å². The Bertz CT molecular complexity index is 445. The molecule has 0 saturated heterocycles. The van der Waals surface area contributed by atoms with Gasteiger partial charge >= 0.3 is 0 Å². The smallest absolute Gasteiger partial charge is 0.251 e. The number of carbonyl (C=O) groups is 1. The lowest BCUT2D eigenvalue weighted by molar-refractivity contribution is 0.0928. The quantitative estimate of drug-likeness (QED) is 0.759. The molecule has 1 aromatic carbocycles. The maximum atomic E-state index is 12.1. The van der Waals surface area contributed by atoms with Crippen LogP contribution in [0.15, 0.2) is 18.2 Å². The van der Waals surface area contributed by atoms with E-state index in [0.717, 1.165) is 19.3 Å². The normalized spacial score (nSPS) is 23.0. The number of hydrogen-bond acceptors (Lipinski definition) is 3. The highest BCUT2D eigenvalue weighted by Gasteiger charge is 2.27. The number of nitrogens with one attached hydrogen (secondary N) is 1. The van der Waals surface area contributed by atoms with Crippen molar-refractivity contribution >= 4 is 5.91 Å². The monoisotopic (exact) mass is 248 g/mol. The van der Waals surface area contributed by atoms with Crippen molar-refractivity contribution in [3.8, 4) is 5.75 Å². The van der Waals surface area contributed by atoms with E-state index in [1.54, 1.807) is 25.1 Å². The highest BCUT2D eigenvalue weighted by Crippen LogP contribution is 2.25. The molecule has 98 valence electrons. The van der Waals surface area contributed by atoms with Gasteiger partial charge in [0, 0.05) is 11.6 Å². The molecule has 0 radical (unpaired) electrons. The molecule has 4 heteroatoms. The molecule has 4 nitrogen and oxygen atoms in total. The first kappa shape index (κ1) is 12.9. The molecule has 1 aromatic rings. The van der Waals surface area contributed by atoms with E-state index in [1.807, 2.05) is 0 Å². The van der Waals surface area contributed by atoms with Crippen molar-refractivity contribution in [1.82, 2.24) is 5.32 Å². The van der Waals surface area contributed by atoms with Gasteiger partial charge in [-0.2, -0.15) is 0 Å². The van der Waals surface area contributed by atoms with Crippen LogP contribution in [0.1, 0.15) is 35.2 Å². The Morgan fingerprint density at radius 3 is 2.94 bits per heavy atom. The van der Waals surface area contributed by atoms with Gasteiger partial charge in [-0.15, -0.1) is 0 Å². The zero-order valence-electron chi connectivity index (χ0n) is 10.6. The summed E-state index contributed by atoms with van der Waals surface area (Å²) in [5, 5.41) is 12.5. The third kappa shape index (κ3) is 2.64. The van der Waals surface area contributed by atoms with Crippen LogP contribution in [0, 0.1) is 12.8 Å². The van der Waals surface area contributed by atoms with Crippen molar-refractivity contribution in [1.29, 1.82) is 0 Å². The van der Waals surface area contributed by atoms with Crippen LogP contribution < -0.4 is 11.1 Å². The maximum Gasteiger partial charge on any atom is 0.251 e. The molecule has 0 bridgehead atoms. The van der Waals surface area contributed by atoms with Crippen LogP contribution >= 0.6 is 0 Å². The summed E-state index contributed by atoms with van der Waals surface area (Å²) in [6.07, 6.45) is 3.22. The summed E-state index contributed by atoms with van der Waals surface area (Å²) in [5.41, 5.74) is 7.00. The van der Waals surface area contributed by atoms with Crippen LogP contribution in [-0.2, 0) is 0 Å². The number of phenols is 1. The van der Waals surface area contributed by atoms with E-state index >= 15 is 0 Å². The van der Waals surface area contributed by atoms with Crippen LogP contribution in [-0.4, -0.2) is 23.6 Å². The van der Waals surface area contributed by atoms with Gasteiger partial charge in [-0.1, -0.05) is 6.42 Å². The SMILES string of the molecule is Cc1cc(C(=O)NC2CCCC2CN)ccc1O. The van der Waals surface area contributed by atoms with Crippen LogP contribution in [0.4, 0.5) is 0 Å². The molecule has 0 aromatic heterocycles. The summed E-state index contributed by atoms with van der Waals surface area (Å²) in [6.45, 7) is 2.41. The molecule has 1 fully saturated rings. The Labute approximate surface area is 107 Å². The minimum absolute atomic E-state index is 0.0801. The molecule has 1 amide bonds. The number of benzene rings is 1. The molecule has 2 unspecified atom stereocenters. The summed E-state index contributed by atoms with van der Waals surface area (Å²) in [7, 11) is 0. The largest absolute Gasteiger partial charge is 0.508 e. The van der Waals surface area contributed by atoms with Crippen molar-refractivity contribution in [2.24, 2.45) is 11.7 Å². The molecule has 0 heterocycles. The van der Waals surface area contributed by atoms with Crippen molar-refractivity contribution in [2.45, 2.75) is 32.2 Å². The Hall–Kier alpha value is -1.55. The molecule has 2 atom stereocenters. The molecular weight excluding hydrogens is 228 g/mol. The van der Waals surface area contributed by atoms with E-state index in [0.29, 0.717) is 23.6 Å². The number of rotatable bonds is 3. The van der Waals surface area contributed by atoms with Gasteiger partial charge in [0.15, 0.2) is 0 Å². The third-order valence-corrected chi connectivity index (χ3v) is 3.74. The second kappa shape index (κ2) is 5.40. The maximum absolute atomic E-state index is 12.1. The Morgan fingerprint density at radius 2 is 2.28 bits per heavy atom. The van der Waals surface area contributed by atoms with Gasteiger partial charge < -0.3 is 16.2 Å². The Kier molecular flexibility index (Phi) is 3.87. The van der Waals surface area contributed by atoms with Gasteiger partial charge in [-0.05, 0) is 56.0 Å². The van der Waals surface area contributed by atoms with Crippen LogP contribution in [0.5, 0.6) is 5.75 Å². The Balaban J connectivity index is 2.05. The molecule has 2 rings (SSSR count). The topological polar surface area (TPSA) is 75.4 Å². The van der Waals surface area contributed by atoms with Gasteiger partial charge in [0.25, 0.3) is 5.91 Å². The molecule has 1 aliphatic rings. The molecule has 1 aliphatic carbocycles. The minimum Gasteiger partial charge on any atom is -0.508 e. The fraction of sp³-hybridized carbons (Fsp3) is 0.500. The third-order valence-electron chi connectivity index (χ3n) is 3.74. The van der Waals surface area contributed by atoms with E-state index in [2.05, 4.69) is 5.32 Å². The van der Waals surface area contributed by atoms with Gasteiger partial charge in [0.05, 0.1) is 0 Å². The lowest BCUT2D eigenvalue weighted by Crippen LogP contribution is -2.39. The van der Waals surface area contributed by atoms with Crippen molar-refractivity contribution in [3.63, 3.8) is 0 Å². The first-order chi connectivity index (χ1) is 8.61. The lowest BCUT2D eigenvalue weighted by Gasteiger charge is -2.19. The number of aromatic hydroxyl groups is 1. The lowest BCUT2D eigenvalue weighted by atomic mass is 10.0. The van der Waals surface area contributed by atoms with E-state index in [9.17, 15) is 9.90 Å². The number of carbonyl (C=O) groups excluding carboxylic acids is 1. The minimum atomic E-state index is -0.0801. The summed E-state index contributed by atoms with van der Waals surface area (Å²) in [6, 6.07) is 5.09. The number of nitrogens with two attached hydrogens (primary N) is 1. The summed E-state index contributed by atoms with van der Waals surface area (Å²) < 4.78 is 0. The predicted octanol–water partition coefficient (Wildman–Crippen LogP) is 1.56. The van der Waals surface area contributed by atoms with Crippen molar-refractivity contribution in [2.75, 3.05) is 6.54 Å². The highest BCUT2D eigenvalue weighted by atomic mass is 16.3. The highest BCUT2D eigenvalue weighted by molar-refractivity contribution is 5.94. The first-order valence-electron chi connectivity index (χ1n) is 6.42. The van der Waals surface area contributed by atoms with Crippen LogP contribution in [0.25, 0.3) is 0 Å². The zero-order chi connectivity index (χ0) is 13.1. The molecule has 1 saturated carbocycles. The molecule has 4 N–H and O–H groups in total. The van der Waals surface area contributed by atoms with Crippen molar-refractivity contribution < 1.29 is 9.90 Å². The fourth-order valence-electron chi connectivity index (χ4n) is 2.56. The summed E-state index contributed by atoms with van der Waals surface area (Å²) in [5.74, 6) is 0.530. The van der Waals surface area contributed by atoms with Gasteiger partial charge in [0.1, 0.15) is 5.75 Å². The van der Waals surface area contributed by atoms with E-state index in [1.165, 1.54) is 0 Å². The van der Waals surface area contributed by atoms with E-state index < -0.39 is 0 Å². The van der Waals surface area contributed by atoms with Gasteiger partial charge in [0.2, 0.25) is 0 Å². The van der Waals surface area contributed by atoms with Gasteiger partial charge in [-0.3, -0.25) is 4.79 Å². The van der Waals surface area contributed by atoms with Crippen LogP contribution in [0.2, 0.25) is 0 Å². The fourth-order valence-corrected chi connectivity index (χ4v) is 2.56.